The molecule has 4 rings (SSSR count). The summed E-state index contributed by atoms with van der Waals surface area (Å²) < 4.78 is 5.15. The minimum Gasteiger partial charge on any atom is -0.466 e. The number of benzene rings is 2. The van der Waals surface area contributed by atoms with Crippen molar-refractivity contribution in [2.75, 3.05) is 14.2 Å². The minimum absolute atomic E-state index is 0.00206. The topological polar surface area (TPSA) is 62.2 Å². The van der Waals surface area contributed by atoms with E-state index in [-0.39, 0.29) is 12.3 Å². The van der Waals surface area contributed by atoms with Crippen molar-refractivity contribution >= 4 is 28.8 Å². The number of fused-ring (bicyclic) bond motifs is 1. The molecule has 0 aromatic heterocycles. The molecule has 6 nitrogen and oxygen atoms in total. The molecule has 0 saturated carbocycles. The van der Waals surface area contributed by atoms with Gasteiger partial charge < -0.3 is 14.5 Å². The van der Waals surface area contributed by atoms with E-state index in [4.69, 9.17) is 9.73 Å². The average molecular weight is 476 g/mol. The van der Waals surface area contributed by atoms with Gasteiger partial charge in [0.2, 0.25) is 5.91 Å². The zero-order chi connectivity index (χ0) is 24.4. The quantitative estimate of drug-likeness (QED) is 0.544. The third-order valence-electron chi connectivity index (χ3n) is 6.15. The molecule has 2 heterocycles. The molecule has 2 aliphatic heterocycles. The van der Waals surface area contributed by atoms with Gasteiger partial charge in [-0.15, -0.1) is 0 Å². The molecule has 0 N–H and O–H groups in total. The molecule has 2 aliphatic rings. The summed E-state index contributed by atoms with van der Waals surface area (Å²) in [5.41, 5.74) is 6.26. The highest BCUT2D eigenvalue weighted by Crippen LogP contribution is 2.45. The number of rotatable bonds is 6. The Morgan fingerprint density at radius 1 is 1.12 bits per heavy atom. The molecule has 0 bridgehead atoms. The van der Waals surface area contributed by atoms with Gasteiger partial charge in [-0.1, -0.05) is 65.9 Å². The second-order valence-electron chi connectivity index (χ2n) is 8.66. The number of aliphatic imine (C=N–C) groups is 1. The van der Waals surface area contributed by atoms with E-state index >= 15 is 0 Å². The van der Waals surface area contributed by atoms with Crippen LogP contribution >= 0.6 is 11.8 Å². The molecule has 1 unspecified atom stereocenters. The number of carbonyl (C=O) groups excluding carboxylic acids is 2. The Morgan fingerprint density at radius 3 is 2.53 bits per heavy atom. The van der Waals surface area contributed by atoms with Crippen LogP contribution in [0.5, 0.6) is 0 Å². The third kappa shape index (κ3) is 4.66. The summed E-state index contributed by atoms with van der Waals surface area (Å²) in [4.78, 5) is 34.5. The Hall–Kier alpha value is -3.32. The molecule has 2 aromatic carbocycles. The fourth-order valence-corrected chi connectivity index (χ4v) is 5.37. The summed E-state index contributed by atoms with van der Waals surface area (Å²) in [6.45, 7) is 6.47. The highest BCUT2D eigenvalue weighted by Gasteiger charge is 2.41. The van der Waals surface area contributed by atoms with E-state index < -0.39 is 12.0 Å². The van der Waals surface area contributed by atoms with Gasteiger partial charge in [0.15, 0.2) is 5.17 Å². The van der Waals surface area contributed by atoms with Crippen molar-refractivity contribution in [3.05, 3.63) is 93.2 Å². The van der Waals surface area contributed by atoms with E-state index in [2.05, 4.69) is 12.1 Å². The first-order chi connectivity index (χ1) is 16.3. The molecule has 0 fully saturated rings. The number of methoxy groups -OCH3 is 1. The van der Waals surface area contributed by atoms with E-state index in [1.54, 1.807) is 4.90 Å². The summed E-state index contributed by atoms with van der Waals surface area (Å²) in [7, 11) is 3.20. The van der Waals surface area contributed by atoms with Gasteiger partial charge in [0.05, 0.1) is 30.8 Å². The maximum atomic E-state index is 13.2. The molecule has 0 aliphatic carbocycles. The molecular weight excluding hydrogens is 446 g/mol. The Balaban J connectivity index is 1.66. The van der Waals surface area contributed by atoms with Gasteiger partial charge >= 0.3 is 5.97 Å². The van der Waals surface area contributed by atoms with Crippen molar-refractivity contribution in [1.29, 1.82) is 0 Å². The number of ether oxygens (including phenoxy) is 1. The predicted octanol–water partition coefficient (Wildman–Crippen LogP) is 5.10. The second-order valence-corrected chi connectivity index (χ2v) is 9.49. The van der Waals surface area contributed by atoms with Crippen molar-refractivity contribution in [3.63, 3.8) is 0 Å². The van der Waals surface area contributed by atoms with E-state index in [0.29, 0.717) is 17.8 Å². The van der Waals surface area contributed by atoms with Gasteiger partial charge in [-0.25, -0.2) is 9.79 Å². The monoisotopic (exact) mass is 475 g/mol. The van der Waals surface area contributed by atoms with Crippen LogP contribution in [0.2, 0.25) is 0 Å². The highest BCUT2D eigenvalue weighted by atomic mass is 32.2. The lowest BCUT2D eigenvalue weighted by atomic mass is 9.90. The van der Waals surface area contributed by atoms with Gasteiger partial charge in [-0.3, -0.25) is 4.79 Å². The first-order valence-electron chi connectivity index (χ1n) is 11.2. The normalized spacial score (nSPS) is 17.2. The fourth-order valence-electron chi connectivity index (χ4n) is 4.40. The number of amides is 1. The summed E-state index contributed by atoms with van der Waals surface area (Å²) >= 11 is 1.48. The van der Waals surface area contributed by atoms with Crippen molar-refractivity contribution < 1.29 is 14.3 Å². The number of thioether (sulfide) groups is 1. The van der Waals surface area contributed by atoms with Gasteiger partial charge in [0.25, 0.3) is 0 Å². The molecule has 176 valence electrons. The van der Waals surface area contributed by atoms with E-state index in [0.717, 1.165) is 33.1 Å². The lowest BCUT2D eigenvalue weighted by molar-refractivity contribution is -0.136. The second kappa shape index (κ2) is 9.89. The molecule has 0 saturated heterocycles. The molecular formula is C27H29N3O3S. The molecule has 1 atom stereocenters. The standard InChI is InChI=1S/C27H29N3O3S/c1-17-11-12-22(18(2)13-17)25-24(26(32)33-5)19(3)28-27-30(25)21(16-34-27)14-23(31)29(4)15-20-9-7-6-8-10-20/h6-13,16,25H,14-15H2,1-5H3. The zero-order valence-electron chi connectivity index (χ0n) is 20.2. The third-order valence-corrected chi connectivity index (χ3v) is 7.04. The molecule has 7 heteroatoms. The Labute approximate surface area is 205 Å². The van der Waals surface area contributed by atoms with E-state index in [9.17, 15) is 9.59 Å². The van der Waals surface area contributed by atoms with E-state index in [1.165, 1.54) is 18.9 Å². The Bertz CT molecular complexity index is 1220. The maximum absolute atomic E-state index is 13.2. The Kier molecular flexibility index (Phi) is 6.93. The van der Waals surface area contributed by atoms with Crippen LogP contribution < -0.4 is 0 Å². The van der Waals surface area contributed by atoms with E-state index in [1.807, 2.05) is 74.5 Å². The number of hydrogen-bond acceptors (Lipinski definition) is 6. The summed E-state index contributed by atoms with van der Waals surface area (Å²) in [5.74, 6) is -0.406. The number of amidine groups is 1. The molecule has 1 amide bonds. The Morgan fingerprint density at radius 2 is 1.85 bits per heavy atom. The van der Waals surface area contributed by atoms with Crippen LogP contribution in [0.3, 0.4) is 0 Å². The lowest BCUT2D eigenvalue weighted by Crippen LogP contribution is -2.38. The van der Waals surface area contributed by atoms with Gasteiger partial charge in [-0.2, -0.15) is 0 Å². The van der Waals surface area contributed by atoms with Crippen LogP contribution in [0.15, 0.2) is 75.9 Å². The first kappa shape index (κ1) is 23.8. The van der Waals surface area contributed by atoms with Crippen LogP contribution in [-0.2, 0) is 20.9 Å². The maximum Gasteiger partial charge on any atom is 0.338 e. The van der Waals surface area contributed by atoms with Crippen molar-refractivity contribution in [1.82, 2.24) is 9.80 Å². The smallest absolute Gasteiger partial charge is 0.338 e. The van der Waals surface area contributed by atoms with Crippen molar-refractivity contribution in [2.24, 2.45) is 4.99 Å². The number of allylic oxidation sites excluding steroid dienone is 1. The number of aryl methyl sites for hydroxylation is 2. The van der Waals surface area contributed by atoms with Crippen molar-refractivity contribution in [2.45, 2.75) is 39.8 Å². The van der Waals surface area contributed by atoms with Crippen molar-refractivity contribution in [3.8, 4) is 0 Å². The number of esters is 1. The fraction of sp³-hybridized carbons (Fsp3) is 0.296. The molecule has 34 heavy (non-hydrogen) atoms. The molecule has 2 aromatic rings. The summed E-state index contributed by atoms with van der Waals surface area (Å²) in [6, 6.07) is 15.7. The lowest BCUT2D eigenvalue weighted by Gasteiger charge is -2.37. The largest absolute Gasteiger partial charge is 0.466 e. The number of carbonyl (C=O) groups is 2. The highest BCUT2D eigenvalue weighted by molar-refractivity contribution is 8.16. The first-order valence-corrected chi connectivity index (χ1v) is 12.1. The molecule has 0 spiro atoms. The summed E-state index contributed by atoms with van der Waals surface area (Å²) in [5, 5.41) is 2.74. The number of nitrogens with zero attached hydrogens (tertiary/aromatic N) is 3. The SMILES string of the molecule is COC(=O)C1=C(C)N=C2SC=C(CC(=O)N(C)Cc3ccccc3)N2C1c1ccc(C)cc1C. The zero-order valence-corrected chi connectivity index (χ0v) is 21.0. The van der Waals surface area contributed by atoms with Crippen LogP contribution in [0, 0.1) is 13.8 Å². The van der Waals surface area contributed by atoms with Gasteiger partial charge in [0, 0.05) is 19.3 Å². The molecule has 0 radical (unpaired) electrons. The average Bonchev–Trinajstić information content (AvgIpc) is 3.20. The predicted molar refractivity (Wildman–Crippen MR) is 136 cm³/mol. The van der Waals surface area contributed by atoms with Gasteiger partial charge in [-0.05, 0) is 42.9 Å². The summed E-state index contributed by atoms with van der Waals surface area (Å²) in [6.07, 6.45) is 0.213. The van der Waals surface area contributed by atoms with Gasteiger partial charge in [0.1, 0.15) is 0 Å². The minimum atomic E-state index is -0.408. The van der Waals surface area contributed by atoms with Crippen LogP contribution in [0.25, 0.3) is 0 Å². The van der Waals surface area contributed by atoms with Crippen LogP contribution in [0.4, 0.5) is 0 Å². The van der Waals surface area contributed by atoms with Crippen LogP contribution in [0.1, 0.15) is 41.6 Å². The van der Waals surface area contributed by atoms with Crippen LogP contribution in [-0.4, -0.2) is 41.0 Å². The number of hydrogen-bond donors (Lipinski definition) is 0.